The van der Waals surface area contributed by atoms with E-state index in [0.717, 1.165) is 4.90 Å². The van der Waals surface area contributed by atoms with Gasteiger partial charge in [0.05, 0.1) is 4.92 Å². The predicted octanol–water partition coefficient (Wildman–Crippen LogP) is 3.21. The van der Waals surface area contributed by atoms with E-state index in [2.05, 4.69) is 0 Å². The van der Waals surface area contributed by atoms with Gasteiger partial charge in [0, 0.05) is 16.2 Å². The van der Waals surface area contributed by atoms with E-state index in [0.29, 0.717) is 5.25 Å². The Labute approximate surface area is 98.4 Å². The van der Waals surface area contributed by atoms with Crippen LogP contribution in [0.2, 0.25) is 0 Å². The van der Waals surface area contributed by atoms with Crippen molar-refractivity contribution in [1.29, 1.82) is 0 Å². The molecule has 86 valence electrons. The molecular weight excluding hydrogens is 224 g/mol. The number of nitrogens with zero attached hydrogens (tertiary/aromatic N) is 1. The number of nitro groups is 1. The van der Waals surface area contributed by atoms with E-state index in [1.165, 1.54) is 25.7 Å². The number of thioether (sulfide) groups is 1. The first-order valence-corrected chi connectivity index (χ1v) is 6.25. The molecule has 0 saturated heterocycles. The largest absolute Gasteiger partial charge is 0.393 e. The molecule has 0 aliphatic heterocycles. The number of nitro benzene ring substituents is 1. The van der Waals surface area contributed by atoms with Crippen LogP contribution in [0.1, 0.15) is 25.7 Å². The normalized spacial score (nSPS) is 16.5. The summed E-state index contributed by atoms with van der Waals surface area (Å²) in [6.45, 7) is 0. The second-order valence-corrected chi connectivity index (χ2v) is 5.38. The summed E-state index contributed by atoms with van der Waals surface area (Å²) in [5.41, 5.74) is 5.80. The van der Waals surface area contributed by atoms with Crippen molar-refractivity contribution in [2.75, 3.05) is 5.73 Å². The van der Waals surface area contributed by atoms with Crippen molar-refractivity contribution in [3.05, 3.63) is 28.3 Å². The number of rotatable bonds is 3. The number of hydrogen-bond donors (Lipinski definition) is 1. The molecule has 0 amide bonds. The zero-order valence-corrected chi connectivity index (χ0v) is 9.70. The first-order chi connectivity index (χ1) is 7.66. The van der Waals surface area contributed by atoms with Gasteiger partial charge in [0.25, 0.3) is 5.69 Å². The van der Waals surface area contributed by atoms with Crippen LogP contribution in [0.5, 0.6) is 0 Å². The van der Waals surface area contributed by atoms with Crippen LogP contribution in [0.3, 0.4) is 0 Å². The van der Waals surface area contributed by atoms with E-state index in [-0.39, 0.29) is 11.4 Å². The topological polar surface area (TPSA) is 69.2 Å². The lowest BCUT2D eigenvalue weighted by molar-refractivity contribution is -0.384. The van der Waals surface area contributed by atoms with E-state index in [1.807, 2.05) is 6.07 Å². The van der Waals surface area contributed by atoms with Gasteiger partial charge in [-0.1, -0.05) is 12.8 Å². The van der Waals surface area contributed by atoms with Crippen LogP contribution in [0, 0.1) is 10.1 Å². The summed E-state index contributed by atoms with van der Waals surface area (Å²) in [6, 6.07) is 5.07. The van der Waals surface area contributed by atoms with Crippen molar-refractivity contribution >= 4 is 23.1 Å². The molecule has 0 radical (unpaired) electrons. The van der Waals surface area contributed by atoms with Gasteiger partial charge in [-0.3, -0.25) is 10.1 Å². The average molecular weight is 238 g/mol. The van der Waals surface area contributed by atoms with Gasteiger partial charge < -0.3 is 5.73 Å². The van der Waals surface area contributed by atoms with E-state index in [4.69, 9.17) is 5.73 Å². The molecule has 0 spiro atoms. The van der Waals surface area contributed by atoms with Gasteiger partial charge in [0.1, 0.15) is 5.69 Å². The van der Waals surface area contributed by atoms with Gasteiger partial charge in [-0.25, -0.2) is 0 Å². The van der Waals surface area contributed by atoms with Crippen molar-refractivity contribution in [3.63, 3.8) is 0 Å². The molecule has 1 aromatic carbocycles. The molecule has 1 aliphatic carbocycles. The lowest BCUT2D eigenvalue weighted by Gasteiger charge is -2.08. The third-order valence-electron chi connectivity index (χ3n) is 2.80. The van der Waals surface area contributed by atoms with Crippen LogP contribution < -0.4 is 5.73 Å². The predicted molar refractivity (Wildman–Crippen MR) is 65.6 cm³/mol. The summed E-state index contributed by atoms with van der Waals surface area (Å²) in [6.07, 6.45) is 4.97. The second-order valence-electron chi connectivity index (χ2n) is 4.00. The lowest BCUT2D eigenvalue weighted by Crippen LogP contribution is -1.97. The fraction of sp³-hybridized carbons (Fsp3) is 0.455. The highest BCUT2D eigenvalue weighted by atomic mass is 32.2. The molecule has 1 saturated carbocycles. The van der Waals surface area contributed by atoms with Crippen LogP contribution in [-0.4, -0.2) is 10.2 Å². The molecule has 0 atom stereocenters. The van der Waals surface area contributed by atoms with Gasteiger partial charge in [-0.15, -0.1) is 11.8 Å². The maximum Gasteiger partial charge on any atom is 0.293 e. The van der Waals surface area contributed by atoms with E-state index in [9.17, 15) is 10.1 Å². The number of anilines is 1. The molecule has 1 aliphatic rings. The summed E-state index contributed by atoms with van der Waals surface area (Å²) in [5.74, 6) is 0. The average Bonchev–Trinajstić information content (AvgIpc) is 2.73. The quantitative estimate of drug-likeness (QED) is 0.498. The highest BCUT2D eigenvalue weighted by Crippen LogP contribution is 2.36. The van der Waals surface area contributed by atoms with Gasteiger partial charge in [0.2, 0.25) is 0 Å². The first-order valence-electron chi connectivity index (χ1n) is 5.37. The van der Waals surface area contributed by atoms with E-state index in [1.54, 1.807) is 23.9 Å². The minimum absolute atomic E-state index is 0.0167. The van der Waals surface area contributed by atoms with Gasteiger partial charge in [0.15, 0.2) is 0 Å². The molecule has 1 fully saturated rings. The minimum Gasteiger partial charge on any atom is -0.393 e. The smallest absolute Gasteiger partial charge is 0.293 e. The fourth-order valence-corrected chi connectivity index (χ4v) is 3.23. The summed E-state index contributed by atoms with van der Waals surface area (Å²) in [5, 5.41) is 11.3. The van der Waals surface area contributed by atoms with E-state index < -0.39 is 4.92 Å². The Morgan fingerprint density at radius 1 is 1.38 bits per heavy atom. The molecule has 2 N–H and O–H groups in total. The minimum atomic E-state index is -0.423. The zero-order valence-electron chi connectivity index (χ0n) is 8.89. The van der Waals surface area contributed by atoms with Crippen LogP contribution in [0.15, 0.2) is 23.1 Å². The highest BCUT2D eigenvalue weighted by Gasteiger charge is 2.18. The molecular formula is C11H14N2O2S. The highest BCUT2D eigenvalue weighted by molar-refractivity contribution is 8.00. The van der Waals surface area contributed by atoms with Crippen LogP contribution in [0.4, 0.5) is 11.4 Å². The monoisotopic (exact) mass is 238 g/mol. The van der Waals surface area contributed by atoms with Crippen LogP contribution in [-0.2, 0) is 0 Å². The standard InChI is InChI=1S/C11H14N2O2S/c12-10-6-5-9(7-11(10)13(14)15)16-8-3-1-2-4-8/h5-8H,1-4,12H2. The summed E-state index contributed by atoms with van der Waals surface area (Å²) in [7, 11) is 0. The summed E-state index contributed by atoms with van der Waals surface area (Å²) >= 11 is 1.73. The van der Waals surface area contributed by atoms with Crippen molar-refractivity contribution in [1.82, 2.24) is 0 Å². The summed E-state index contributed by atoms with van der Waals surface area (Å²) < 4.78 is 0. The third-order valence-corrected chi connectivity index (χ3v) is 4.13. The number of hydrogen-bond acceptors (Lipinski definition) is 4. The van der Waals surface area contributed by atoms with Gasteiger partial charge in [-0.05, 0) is 25.0 Å². The fourth-order valence-electron chi connectivity index (χ4n) is 1.95. The molecule has 0 aromatic heterocycles. The number of nitrogens with two attached hydrogens (primary N) is 1. The molecule has 2 rings (SSSR count). The van der Waals surface area contributed by atoms with Crippen molar-refractivity contribution < 1.29 is 4.92 Å². The molecule has 1 aromatic rings. The van der Waals surface area contributed by atoms with Crippen molar-refractivity contribution in [2.45, 2.75) is 35.8 Å². The molecule has 0 bridgehead atoms. The second kappa shape index (κ2) is 4.74. The van der Waals surface area contributed by atoms with Crippen LogP contribution in [0.25, 0.3) is 0 Å². The zero-order chi connectivity index (χ0) is 11.5. The molecule has 5 heteroatoms. The third kappa shape index (κ3) is 2.47. The van der Waals surface area contributed by atoms with Gasteiger partial charge in [-0.2, -0.15) is 0 Å². The molecule has 0 heterocycles. The molecule has 4 nitrogen and oxygen atoms in total. The molecule has 16 heavy (non-hydrogen) atoms. The van der Waals surface area contributed by atoms with Crippen molar-refractivity contribution in [2.24, 2.45) is 0 Å². The first kappa shape index (κ1) is 11.3. The Bertz CT molecular complexity index is 403. The lowest BCUT2D eigenvalue weighted by atomic mass is 10.3. The number of nitrogen functional groups attached to an aromatic ring is 1. The Balaban J connectivity index is 2.15. The Kier molecular flexibility index (Phi) is 3.33. The molecule has 0 unspecified atom stereocenters. The van der Waals surface area contributed by atoms with Crippen LogP contribution >= 0.6 is 11.8 Å². The van der Waals surface area contributed by atoms with E-state index >= 15 is 0 Å². The Hall–Kier alpha value is -1.23. The maximum atomic E-state index is 10.7. The summed E-state index contributed by atoms with van der Waals surface area (Å²) in [4.78, 5) is 11.3. The van der Waals surface area contributed by atoms with Crippen molar-refractivity contribution in [3.8, 4) is 0 Å². The number of benzene rings is 1. The van der Waals surface area contributed by atoms with Gasteiger partial charge >= 0.3 is 0 Å². The Morgan fingerprint density at radius 3 is 2.69 bits per heavy atom. The maximum absolute atomic E-state index is 10.7. The SMILES string of the molecule is Nc1ccc(SC2CCCC2)cc1[N+](=O)[O-]. The Morgan fingerprint density at radius 2 is 2.06 bits per heavy atom.